The van der Waals surface area contributed by atoms with Crippen molar-refractivity contribution in [2.24, 2.45) is 0 Å². The monoisotopic (exact) mass is 474 g/mol. The molecule has 6 nitrogen and oxygen atoms in total. The van der Waals surface area contributed by atoms with Crippen LogP contribution in [-0.4, -0.2) is 30.9 Å². The van der Waals surface area contributed by atoms with Gasteiger partial charge in [-0.25, -0.2) is 13.4 Å². The first-order chi connectivity index (χ1) is 15.2. The number of nitrogens with zero attached hydrogens (tertiary/aromatic N) is 2. The SMILES string of the molecule is CCC(C)N(Cc1csc(COc2cc(C)cc(C)c2)n1)S(=O)(=O)c1ccc(OC)cc1. The molecule has 0 fully saturated rings. The molecule has 0 aliphatic rings. The first kappa shape index (κ1) is 24.2. The van der Waals surface area contributed by atoms with Gasteiger partial charge in [0.1, 0.15) is 23.1 Å². The molecule has 3 aromatic rings. The second-order valence-corrected chi connectivity index (χ2v) is 10.7. The molecule has 0 N–H and O–H groups in total. The second-order valence-electron chi connectivity index (χ2n) is 7.83. The molecule has 3 rings (SSSR count). The molecular weight excluding hydrogens is 444 g/mol. The van der Waals surface area contributed by atoms with E-state index in [0.29, 0.717) is 24.5 Å². The topological polar surface area (TPSA) is 68.7 Å². The summed E-state index contributed by atoms with van der Waals surface area (Å²) >= 11 is 1.48. The molecule has 0 radical (unpaired) electrons. The van der Waals surface area contributed by atoms with Crippen LogP contribution >= 0.6 is 11.3 Å². The molecule has 0 aliphatic carbocycles. The largest absolute Gasteiger partial charge is 0.497 e. The summed E-state index contributed by atoms with van der Waals surface area (Å²) in [5.74, 6) is 1.43. The maximum Gasteiger partial charge on any atom is 0.243 e. The lowest BCUT2D eigenvalue weighted by atomic mass is 10.1. The number of aromatic nitrogens is 1. The van der Waals surface area contributed by atoms with E-state index in [1.165, 1.54) is 15.6 Å². The normalized spacial score (nSPS) is 12.7. The van der Waals surface area contributed by atoms with Gasteiger partial charge in [0.05, 0.1) is 24.2 Å². The first-order valence-electron chi connectivity index (χ1n) is 10.5. The van der Waals surface area contributed by atoms with Gasteiger partial charge < -0.3 is 9.47 Å². The van der Waals surface area contributed by atoms with E-state index in [0.717, 1.165) is 21.9 Å². The Morgan fingerprint density at radius 2 is 1.72 bits per heavy atom. The van der Waals surface area contributed by atoms with Crippen molar-refractivity contribution >= 4 is 21.4 Å². The van der Waals surface area contributed by atoms with E-state index >= 15 is 0 Å². The molecule has 172 valence electrons. The highest BCUT2D eigenvalue weighted by molar-refractivity contribution is 7.89. The summed E-state index contributed by atoms with van der Waals surface area (Å²) in [5, 5.41) is 2.71. The number of ether oxygens (including phenoxy) is 2. The van der Waals surface area contributed by atoms with Crippen LogP contribution in [0.3, 0.4) is 0 Å². The lowest BCUT2D eigenvalue weighted by molar-refractivity contribution is 0.302. The zero-order chi connectivity index (χ0) is 23.3. The molecule has 0 saturated heterocycles. The average molecular weight is 475 g/mol. The quantitative estimate of drug-likeness (QED) is 0.397. The molecule has 0 spiro atoms. The third-order valence-corrected chi connectivity index (χ3v) is 8.07. The minimum atomic E-state index is -3.68. The van der Waals surface area contributed by atoms with E-state index in [9.17, 15) is 8.42 Å². The van der Waals surface area contributed by atoms with Crippen LogP contribution in [0.4, 0.5) is 0 Å². The summed E-state index contributed by atoms with van der Waals surface area (Å²) in [6.45, 7) is 8.52. The van der Waals surface area contributed by atoms with E-state index in [1.807, 2.05) is 45.2 Å². The molecule has 1 unspecified atom stereocenters. The summed E-state index contributed by atoms with van der Waals surface area (Å²) in [4.78, 5) is 4.87. The zero-order valence-electron chi connectivity index (χ0n) is 19.2. The molecule has 2 aromatic carbocycles. The molecule has 0 amide bonds. The second kappa shape index (κ2) is 10.5. The number of hydrogen-bond donors (Lipinski definition) is 0. The fourth-order valence-electron chi connectivity index (χ4n) is 3.37. The molecule has 32 heavy (non-hydrogen) atoms. The molecule has 0 saturated carbocycles. The van der Waals surface area contributed by atoms with Crippen molar-refractivity contribution in [3.63, 3.8) is 0 Å². The Balaban J connectivity index is 1.75. The predicted octanol–water partition coefficient (Wildman–Crippen LogP) is 5.34. The Morgan fingerprint density at radius 1 is 1.06 bits per heavy atom. The van der Waals surface area contributed by atoms with Crippen molar-refractivity contribution < 1.29 is 17.9 Å². The van der Waals surface area contributed by atoms with E-state index in [-0.39, 0.29) is 17.5 Å². The van der Waals surface area contributed by atoms with Gasteiger partial charge in [-0.2, -0.15) is 4.31 Å². The number of aryl methyl sites for hydroxylation is 2. The van der Waals surface area contributed by atoms with E-state index < -0.39 is 10.0 Å². The van der Waals surface area contributed by atoms with Crippen molar-refractivity contribution in [1.82, 2.24) is 9.29 Å². The molecule has 8 heteroatoms. The van der Waals surface area contributed by atoms with Crippen LogP contribution < -0.4 is 9.47 Å². The molecule has 0 bridgehead atoms. The van der Waals surface area contributed by atoms with Crippen LogP contribution in [0.25, 0.3) is 0 Å². The standard InChI is InChI=1S/C24H30N2O4S2/c1-6-19(4)26(32(27,28)23-9-7-21(29-5)8-10-23)14-20-16-31-24(25-20)15-30-22-12-17(2)11-18(3)13-22/h7-13,16,19H,6,14-15H2,1-5H3. The molecule has 0 aliphatic heterocycles. The maximum absolute atomic E-state index is 13.4. The summed E-state index contributed by atoms with van der Waals surface area (Å²) in [5.41, 5.74) is 3.01. The van der Waals surface area contributed by atoms with Crippen molar-refractivity contribution in [2.45, 2.75) is 58.2 Å². The molecular formula is C24H30N2O4S2. The fraction of sp³-hybridized carbons (Fsp3) is 0.375. The predicted molar refractivity (Wildman–Crippen MR) is 128 cm³/mol. The Labute approximate surface area is 194 Å². The third kappa shape index (κ3) is 5.88. The lowest BCUT2D eigenvalue weighted by Crippen LogP contribution is -2.37. The molecule has 1 aromatic heterocycles. The summed E-state index contributed by atoms with van der Waals surface area (Å²) in [6.07, 6.45) is 0.697. The fourth-order valence-corrected chi connectivity index (χ4v) is 5.75. The highest BCUT2D eigenvalue weighted by Crippen LogP contribution is 2.25. The number of thiazole rings is 1. The van der Waals surface area contributed by atoms with Crippen molar-refractivity contribution in [3.05, 3.63) is 69.7 Å². The van der Waals surface area contributed by atoms with E-state index in [4.69, 9.17) is 9.47 Å². The number of benzene rings is 2. The first-order valence-corrected chi connectivity index (χ1v) is 12.8. The van der Waals surface area contributed by atoms with Crippen LogP contribution in [0.15, 0.2) is 52.7 Å². The third-order valence-electron chi connectivity index (χ3n) is 5.22. The Morgan fingerprint density at radius 3 is 2.31 bits per heavy atom. The number of sulfonamides is 1. The summed E-state index contributed by atoms with van der Waals surface area (Å²) < 4.78 is 39.3. The lowest BCUT2D eigenvalue weighted by Gasteiger charge is -2.27. The van der Waals surface area contributed by atoms with Gasteiger partial charge >= 0.3 is 0 Å². The van der Waals surface area contributed by atoms with Crippen LogP contribution in [-0.2, 0) is 23.2 Å². The molecule has 1 atom stereocenters. The maximum atomic E-state index is 13.4. The Kier molecular flexibility index (Phi) is 7.92. The van der Waals surface area contributed by atoms with Gasteiger partial charge in [0.25, 0.3) is 0 Å². The smallest absolute Gasteiger partial charge is 0.243 e. The van der Waals surface area contributed by atoms with Crippen LogP contribution in [0.1, 0.15) is 42.1 Å². The van der Waals surface area contributed by atoms with Gasteiger partial charge in [0.2, 0.25) is 10.0 Å². The van der Waals surface area contributed by atoms with Gasteiger partial charge in [-0.3, -0.25) is 0 Å². The van der Waals surface area contributed by atoms with Crippen molar-refractivity contribution in [2.75, 3.05) is 7.11 Å². The minimum Gasteiger partial charge on any atom is -0.497 e. The Bertz CT molecular complexity index is 1120. The van der Waals surface area contributed by atoms with Crippen LogP contribution in [0.5, 0.6) is 11.5 Å². The van der Waals surface area contributed by atoms with Crippen molar-refractivity contribution in [1.29, 1.82) is 0 Å². The highest BCUT2D eigenvalue weighted by atomic mass is 32.2. The highest BCUT2D eigenvalue weighted by Gasteiger charge is 2.29. The van der Waals surface area contributed by atoms with Gasteiger partial charge in [0, 0.05) is 11.4 Å². The number of methoxy groups -OCH3 is 1. The summed E-state index contributed by atoms with van der Waals surface area (Å²) in [7, 11) is -2.13. The Hall–Kier alpha value is -2.42. The van der Waals surface area contributed by atoms with Gasteiger partial charge in [-0.1, -0.05) is 13.0 Å². The minimum absolute atomic E-state index is 0.168. The van der Waals surface area contributed by atoms with Crippen LogP contribution in [0.2, 0.25) is 0 Å². The van der Waals surface area contributed by atoms with Crippen LogP contribution in [0, 0.1) is 13.8 Å². The molecule has 1 heterocycles. The number of hydrogen-bond acceptors (Lipinski definition) is 6. The van der Waals surface area contributed by atoms with E-state index in [2.05, 4.69) is 11.1 Å². The van der Waals surface area contributed by atoms with Gasteiger partial charge in [-0.05, 0) is 74.7 Å². The van der Waals surface area contributed by atoms with E-state index in [1.54, 1.807) is 31.4 Å². The van der Waals surface area contributed by atoms with Gasteiger partial charge in [-0.15, -0.1) is 11.3 Å². The van der Waals surface area contributed by atoms with Gasteiger partial charge in [0.15, 0.2) is 0 Å². The number of rotatable bonds is 10. The summed E-state index contributed by atoms with van der Waals surface area (Å²) in [6, 6.07) is 12.4. The van der Waals surface area contributed by atoms with Crippen molar-refractivity contribution in [3.8, 4) is 11.5 Å². The zero-order valence-corrected chi connectivity index (χ0v) is 20.8. The average Bonchev–Trinajstić information content (AvgIpc) is 3.22.